The molecule has 0 spiro atoms. The maximum absolute atomic E-state index is 11.7. The van der Waals surface area contributed by atoms with Crippen molar-refractivity contribution < 1.29 is 19.4 Å². The molecule has 0 aromatic heterocycles. The van der Waals surface area contributed by atoms with E-state index in [1.807, 2.05) is 6.92 Å². The third-order valence-electron chi connectivity index (χ3n) is 2.38. The molecule has 1 aliphatic heterocycles. The van der Waals surface area contributed by atoms with Gasteiger partial charge in [0, 0.05) is 12.5 Å². The molecule has 0 saturated heterocycles. The third-order valence-corrected chi connectivity index (χ3v) is 2.38. The van der Waals surface area contributed by atoms with Crippen molar-refractivity contribution in [2.45, 2.75) is 19.4 Å². The summed E-state index contributed by atoms with van der Waals surface area (Å²) in [4.78, 5) is 11.7. The van der Waals surface area contributed by atoms with Crippen LogP contribution in [-0.4, -0.2) is 24.1 Å². The van der Waals surface area contributed by atoms with Gasteiger partial charge >= 0.3 is 0 Å². The van der Waals surface area contributed by atoms with E-state index in [4.69, 9.17) is 9.47 Å². The molecular weight excluding hydrogens is 196 g/mol. The Morgan fingerprint density at radius 2 is 2.27 bits per heavy atom. The molecule has 80 valence electrons. The number of ketones is 1. The number of benzene rings is 1. The van der Waals surface area contributed by atoms with Crippen molar-refractivity contribution in [2.75, 3.05) is 7.11 Å². The molecule has 1 aromatic rings. The van der Waals surface area contributed by atoms with Crippen LogP contribution in [0.1, 0.15) is 23.7 Å². The van der Waals surface area contributed by atoms with Crippen LogP contribution in [-0.2, 0) is 0 Å². The minimum atomic E-state index is -0.141. The number of methoxy groups -OCH3 is 1. The zero-order chi connectivity index (χ0) is 11.0. The maximum Gasteiger partial charge on any atom is 0.170 e. The number of hydrogen-bond acceptors (Lipinski definition) is 4. The topological polar surface area (TPSA) is 55.8 Å². The molecule has 0 aliphatic carbocycles. The minimum Gasteiger partial charge on any atom is -0.504 e. The first-order valence-electron chi connectivity index (χ1n) is 4.72. The molecule has 0 bridgehead atoms. The second-order valence-electron chi connectivity index (χ2n) is 3.58. The number of phenolic OH excluding ortho intramolecular Hbond substituents is 1. The molecule has 1 aromatic carbocycles. The van der Waals surface area contributed by atoms with Crippen molar-refractivity contribution in [3.63, 3.8) is 0 Å². The Morgan fingerprint density at radius 1 is 1.53 bits per heavy atom. The summed E-state index contributed by atoms with van der Waals surface area (Å²) in [6.07, 6.45) is 0.221. The van der Waals surface area contributed by atoms with Gasteiger partial charge < -0.3 is 14.6 Å². The number of Topliss-reactive ketones (excluding diaryl/α,β-unsaturated/α-hetero) is 1. The second-order valence-corrected chi connectivity index (χ2v) is 3.58. The van der Waals surface area contributed by atoms with Crippen molar-refractivity contribution in [3.8, 4) is 17.2 Å². The molecule has 0 amide bonds. The highest BCUT2D eigenvalue weighted by Crippen LogP contribution is 2.37. The van der Waals surface area contributed by atoms with Gasteiger partial charge in [-0.25, -0.2) is 0 Å². The van der Waals surface area contributed by atoms with E-state index in [1.54, 1.807) is 0 Å². The molecule has 4 heteroatoms. The lowest BCUT2D eigenvalue weighted by molar-refractivity contribution is 0.0870. The fourth-order valence-electron chi connectivity index (χ4n) is 1.66. The van der Waals surface area contributed by atoms with E-state index < -0.39 is 0 Å². The molecule has 0 saturated carbocycles. The number of carbonyl (C=O) groups excluding carboxylic acids is 1. The lowest BCUT2D eigenvalue weighted by Gasteiger charge is -2.22. The fraction of sp³-hybridized carbons (Fsp3) is 0.364. The lowest BCUT2D eigenvalue weighted by atomic mass is 10.0. The van der Waals surface area contributed by atoms with E-state index in [-0.39, 0.29) is 17.6 Å². The second kappa shape index (κ2) is 3.46. The van der Waals surface area contributed by atoms with E-state index in [9.17, 15) is 9.90 Å². The molecule has 15 heavy (non-hydrogen) atoms. The molecule has 2 rings (SSSR count). The van der Waals surface area contributed by atoms with E-state index >= 15 is 0 Å². The van der Waals surface area contributed by atoms with Crippen LogP contribution in [0.3, 0.4) is 0 Å². The van der Waals surface area contributed by atoms with Crippen LogP contribution in [0.5, 0.6) is 17.2 Å². The summed E-state index contributed by atoms with van der Waals surface area (Å²) < 4.78 is 10.4. The van der Waals surface area contributed by atoms with Crippen molar-refractivity contribution >= 4 is 5.78 Å². The van der Waals surface area contributed by atoms with Crippen LogP contribution in [0.25, 0.3) is 0 Å². The molecule has 0 fully saturated rings. The predicted molar refractivity (Wildman–Crippen MR) is 53.7 cm³/mol. The van der Waals surface area contributed by atoms with Crippen LogP contribution >= 0.6 is 0 Å². The number of fused-ring (bicyclic) bond motifs is 1. The van der Waals surface area contributed by atoms with E-state index in [0.717, 1.165) is 0 Å². The van der Waals surface area contributed by atoms with E-state index in [0.29, 0.717) is 23.5 Å². The number of phenols is 1. The van der Waals surface area contributed by atoms with Crippen LogP contribution in [0.4, 0.5) is 0 Å². The minimum absolute atomic E-state index is 0.0156. The monoisotopic (exact) mass is 208 g/mol. The predicted octanol–water partition coefficient (Wildman–Crippen LogP) is 1.75. The van der Waals surface area contributed by atoms with Crippen LogP contribution in [0, 0.1) is 0 Å². The maximum atomic E-state index is 11.7. The van der Waals surface area contributed by atoms with Crippen LogP contribution in [0.2, 0.25) is 0 Å². The van der Waals surface area contributed by atoms with Crippen molar-refractivity contribution in [2.24, 2.45) is 0 Å². The summed E-state index contributed by atoms with van der Waals surface area (Å²) in [6, 6.07) is 2.93. The van der Waals surface area contributed by atoms with Crippen LogP contribution in [0.15, 0.2) is 12.1 Å². The highest BCUT2D eigenvalue weighted by Gasteiger charge is 2.25. The Bertz CT molecular complexity index is 411. The van der Waals surface area contributed by atoms with Gasteiger partial charge in [0.25, 0.3) is 0 Å². The first-order chi connectivity index (χ1) is 7.11. The molecule has 1 unspecified atom stereocenters. The first-order valence-corrected chi connectivity index (χ1v) is 4.72. The Labute approximate surface area is 87.4 Å². The molecule has 1 N–H and O–H groups in total. The average molecular weight is 208 g/mol. The molecule has 0 radical (unpaired) electrons. The first kappa shape index (κ1) is 9.83. The van der Waals surface area contributed by atoms with Gasteiger partial charge in [-0.15, -0.1) is 0 Å². The van der Waals surface area contributed by atoms with Crippen molar-refractivity contribution in [1.29, 1.82) is 0 Å². The summed E-state index contributed by atoms with van der Waals surface area (Å²) >= 11 is 0. The number of ether oxygens (including phenoxy) is 2. The van der Waals surface area contributed by atoms with Gasteiger partial charge in [0.05, 0.1) is 12.7 Å². The van der Waals surface area contributed by atoms with Gasteiger partial charge in [0.2, 0.25) is 0 Å². The van der Waals surface area contributed by atoms with E-state index in [2.05, 4.69) is 0 Å². The van der Waals surface area contributed by atoms with Crippen molar-refractivity contribution in [1.82, 2.24) is 0 Å². The smallest absolute Gasteiger partial charge is 0.170 e. The average Bonchev–Trinajstić information content (AvgIpc) is 2.16. The van der Waals surface area contributed by atoms with Crippen molar-refractivity contribution in [3.05, 3.63) is 17.7 Å². The number of carbonyl (C=O) groups is 1. The quantitative estimate of drug-likeness (QED) is 0.763. The SMILES string of the molecule is COc1cc2c(cc1O)OC(C)CC2=O. The Morgan fingerprint density at radius 3 is 2.93 bits per heavy atom. The summed E-state index contributed by atoms with van der Waals surface area (Å²) in [7, 11) is 1.44. The van der Waals surface area contributed by atoms with Gasteiger partial charge in [-0.2, -0.15) is 0 Å². The normalized spacial score (nSPS) is 19.3. The Balaban J connectivity index is 2.52. The van der Waals surface area contributed by atoms with Gasteiger partial charge in [-0.1, -0.05) is 0 Å². The third kappa shape index (κ3) is 1.63. The highest BCUT2D eigenvalue weighted by molar-refractivity contribution is 6.00. The number of rotatable bonds is 1. The zero-order valence-electron chi connectivity index (χ0n) is 8.61. The summed E-state index contributed by atoms with van der Waals surface area (Å²) in [5.41, 5.74) is 0.475. The van der Waals surface area contributed by atoms with Gasteiger partial charge in [-0.05, 0) is 13.0 Å². The fourth-order valence-corrected chi connectivity index (χ4v) is 1.66. The molecule has 4 nitrogen and oxygen atoms in total. The van der Waals surface area contributed by atoms with Gasteiger partial charge in [-0.3, -0.25) is 4.79 Å². The Kier molecular flexibility index (Phi) is 2.26. The van der Waals surface area contributed by atoms with E-state index in [1.165, 1.54) is 19.2 Å². The van der Waals surface area contributed by atoms with Gasteiger partial charge in [0.1, 0.15) is 11.9 Å². The molecule has 1 heterocycles. The number of aromatic hydroxyl groups is 1. The summed E-state index contributed by atoms with van der Waals surface area (Å²) in [5, 5.41) is 9.52. The molecule has 1 aliphatic rings. The highest BCUT2D eigenvalue weighted by atomic mass is 16.5. The zero-order valence-corrected chi connectivity index (χ0v) is 8.61. The molecular formula is C11H12O4. The largest absolute Gasteiger partial charge is 0.504 e. The number of hydrogen-bond donors (Lipinski definition) is 1. The summed E-state index contributed by atoms with van der Waals surface area (Å²) in [5.74, 6) is 0.720. The van der Waals surface area contributed by atoms with Crippen LogP contribution < -0.4 is 9.47 Å². The Hall–Kier alpha value is -1.71. The molecule has 1 atom stereocenters. The standard InChI is InChI=1S/C11H12O4/c1-6-3-8(12)7-4-11(14-2)9(13)5-10(7)15-6/h4-6,13H,3H2,1-2H3. The summed E-state index contributed by atoms with van der Waals surface area (Å²) in [6.45, 7) is 1.82. The lowest BCUT2D eigenvalue weighted by Crippen LogP contribution is -2.23. The van der Waals surface area contributed by atoms with Gasteiger partial charge in [0.15, 0.2) is 17.3 Å².